The van der Waals surface area contributed by atoms with Crippen molar-refractivity contribution in [3.05, 3.63) is 42.5 Å². The molecule has 0 aliphatic heterocycles. The number of fused-ring (bicyclic) bond motifs is 1. The van der Waals surface area contributed by atoms with Gasteiger partial charge in [-0.3, -0.25) is 9.59 Å². The molecule has 0 radical (unpaired) electrons. The third-order valence-electron chi connectivity index (χ3n) is 3.55. The van der Waals surface area contributed by atoms with Gasteiger partial charge in [0.05, 0.1) is 0 Å². The Bertz CT molecular complexity index is 1070. The molecular weight excluding hydrogens is 408 g/mol. The number of oxazole rings is 1. The van der Waals surface area contributed by atoms with E-state index >= 15 is 0 Å². The van der Waals surface area contributed by atoms with E-state index in [2.05, 4.69) is 4.98 Å². The van der Waals surface area contributed by atoms with Crippen molar-refractivity contribution in [1.29, 1.82) is 0 Å². The smallest absolute Gasteiger partial charge is 0.436 e. The third kappa shape index (κ3) is 4.65. The summed E-state index contributed by atoms with van der Waals surface area (Å²) in [4.78, 5) is 26.0. The van der Waals surface area contributed by atoms with Crippen molar-refractivity contribution in [2.75, 3.05) is 10.6 Å². The number of carbonyl (C=O) groups is 2. The first-order chi connectivity index (χ1) is 13.4. The van der Waals surface area contributed by atoms with Crippen LogP contribution in [0, 0.1) is 0 Å². The average Bonchev–Trinajstić information content (AvgIpc) is 3.04. The van der Waals surface area contributed by atoms with E-state index in [4.69, 9.17) is 4.42 Å². The summed E-state index contributed by atoms with van der Waals surface area (Å²) in [6.45, 7) is 0. The van der Waals surface area contributed by atoms with Crippen LogP contribution in [0.15, 0.2) is 46.9 Å². The first kappa shape index (κ1) is 20.2. The van der Waals surface area contributed by atoms with Gasteiger partial charge in [0.2, 0.25) is 5.89 Å². The van der Waals surface area contributed by atoms with Gasteiger partial charge in [-0.15, -0.1) is 0 Å². The maximum Gasteiger partial charge on any atom is 0.471 e. The van der Waals surface area contributed by atoms with Crippen LogP contribution < -0.4 is 10.6 Å². The number of carbonyl (C=O) groups excluding carboxylic acids is 2. The highest BCUT2D eigenvalue weighted by atomic mass is 19.4. The van der Waals surface area contributed by atoms with Gasteiger partial charge in [-0.25, -0.2) is 4.98 Å². The first-order valence-corrected chi connectivity index (χ1v) is 7.71. The second-order valence-corrected chi connectivity index (χ2v) is 5.68. The highest BCUT2D eigenvalue weighted by Gasteiger charge is 2.39. The van der Waals surface area contributed by atoms with Gasteiger partial charge < -0.3 is 15.1 Å². The van der Waals surface area contributed by atoms with E-state index in [0.29, 0.717) is 5.56 Å². The minimum Gasteiger partial charge on any atom is -0.436 e. The van der Waals surface area contributed by atoms with Crippen LogP contribution in [0.5, 0.6) is 0 Å². The van der Waals surface area contributed by atoms with Crippen LogP contribution in [-0.4, -0.2) is 29.2 Å². The number of nitrogens with zero attached hydrogens (tertiary/aromatic N) is 1. The Balaban J connectivity index is 1.80. The summed E-state index contributed by atoms with van der Waals surface area (Å²) in [7, 11) is 0. The molecule has 0 aliphatic rings. The van der Waals surface area contributed by atoms with E-state index in [0.717, 1.165) is 0 Å². The molecule has 6 nitrogen and oxygen atoms in total. The molecule has 2 aromatic carbocycles. The van der Waals surface area contributed by atoms with E-state index < -0.39 is 24.2 Å². The molecule has 1 heterocycles. The molecule has 0 saturated heterocycles. The van der Waals surface area contributed by atoms with Gasteiger partial charge in [0.15, 0.2) is 5.58 Å². The van der Waals surface area contributed by atoms with Crippen molar-refractivity contribution in [3.8, 4) is 11.5 Å². The number of anilines is 2. The second kappa shape index (κ2) is 7.11. The van der Waals surface area contributed by atoms with Gasteiger partial charge in [0, 0.05) is 16.9 Å². The number of hydrogen-bond acceptors (Lipinski definition) is 4. The van der Waals surface area contributed by atoms with Crippen molar-refractivity contribution in [2.45, 2.75) is 12.4 Å². The Morgan fingerprint density at radius 1 is 0.793 bits per heavy atom. The van der Waals surface area contributed by atoms with Gasteiger partial charge in [0.1, 0.15) is 5.52 Å². The molecular formula is C17H9F6N3O3. The number of amides is 2. The van der Waals surface area contributed by atoms with E-state index in [9.17, 15) is 35.9 Å². The quantitative estimate of drug-likeness (QED) is 0.615. The van der Waals surface area contributed by atoms with Crippen LogP contribution in [0.1, 0.15) is 0 Å². The summed E-state index contributed by atoms with van der Waals surface area (Å²) < 4.78 is 79.1. The van der Waals surface area contributed by atoms with Crippen molar-refractivity contribution < 1.29 is 40.3 Å². The number of benzene rings is 2. The number of halogens is 6. The number of aromatic nitrogens is 1. The fourth-order valence-corrected chi connectivity index (χ4v) is 2.23. The fourth-order valence-electron chi connectivity index (χ4n) is 2.23. The molecule has 152 valence electrons. The lowest BCUT2D eigenvalue weighted by molar-refractivity contribution is -0.167. The summed E-state index contributed by atoms with van der Waals surface area (Å²) >= 11 is 0. The Morgan fingerprint density at radius 3 is 1.86 bits per heavy atom. The molecule has 1 aromatic heterocycles. The fraction of sp³-hybridized carbons (Fsp3) is 0.118. The van der Waals surface area contributed by atoms with E-state index in [1.807, 2.05) is 0 Å². The highest BCUT2D eigenvalue weighted by Crippen LogP contribution is 2.28. The standard InChI is InChI=1S/C17H9F6N3O3/c18-16(19,20)14(27)24-9-3-1-8(2-4-9)13-26-11-7-10(5-6-12(11)29-13)25-15(28)17(21,22)23/h1-7H,(H,24,27)(H,25,28). The molecule has 3 aromatic rings. The lowest BCUT2D eigenvalue weighted by Crippen LogP contribution is -2.29. The molecule has 0 aliphatic carbocycles. The molecule has 29 heavy (non-hydrogen) atoms. The molecule has 3 rings (SSSR count). The Hall–Kier alpha value is -3.57. The van der Waals surface area contributed by atoms with Gasteiger partial charge in [0.25, 0.3) is 0 Å². The topological polar surface area (TPSA) is 84.2 Å². The first-order valence-electron chi connectivity index (χ1n) is 7.71. The van der Waals surface area contributed by atoms with Crippen LogP contribution in [-0.2, 0) is 9.59 Å². The number of rotatable bonds is 3. The maximum absolute atomic E-state index is 12.3. The van der Waals surface area contributed by atoms with Gasteiger partial charge in [-0.05, 0) is 42.5 Å². The van der Waals surface area contributed by atoms with Crippen LogP contribution in [0.3, 0.4) is 0 Å². The normalized spacial score (nSPS) is 12.1. The zero-order valence-electron chi connectivity index (χ0n) is 14.0. The van der Waals surface area contributed by atoms with Gasteiger partial charge >= 0.3 is 24.2 Å². The molecule has 0 spiro atoms. The lowest BCUT2D eigenvalue weighted by atomic mass is 10.2. The Morgan fingerprint density at radius 2 is 1.31 bits per heavy atom. The summed E-state index contributed by atoms with van der Waals surface area (Å²) in [5.41, 5.74) is 0.440. The molecule has 2 amide bonds. The van der Waals surface area contributed by atoms with Crippen molar-refractivity contribution >= 4 is 34.3 Å². The minimum absolute atomic E-state index is 0.0352. The number of hydrogen-bond donors (Lipinski definition) is 2. The molecule has 0 unspecified atom stereocenters. The largest absolute Gasteiger partial charge is 0.471 e. The van der Waals surface area contributed by atoms with Crippen LogP contribution in [0.25, 0.3) is 22.6 Å². The van der Waals surface area contributed by atoms with Gasteiger partial charge in [-0.1, -0.05) is 0 Å². The monoisotopic (exact) mass is 417 g/mol. The predicted octanol–water partition coefficient (Wildman–Crippen LogP) is 4.50. The van der Waals surface area contributed by atoms with Crippen LogP contribution in [0.4, 0.5) is 37.7 Å². The van der Waals surface area contributed by atoms with E-state index in [1.54, 1.807) is 10.6 Å². The Kier molecular flexibility index (Phi) is 4.95. The zero-order valence-corrected chi connectivity index (χ0v) is 14.0. The predicted molar refractivity (Wildman–Crippen MR) is 88.8 cm³/mol. The van der Waals surface area contributed by atoms with Crippen LogP contribution in [0.2, 0.25) is 0 Å². The number of nitrogens with one attached hydrogen (secondary N) is 2. The molecule has 0 fully saturated rings. The average molecular weight is 417 g/mol. The molecule has 12 heteroatoms. The molecule has 0 saturated carbocycles. The SMILES string of the molecule is O=C(Nc1ccc(-c2nc3cc(NC(=O)C(F)(F)F)ccc3o2)cc1)C(F)(F)F. The minimum atomic E-state index is -5.05. The highest BCUT2D eigenvalue weighted by molar-refractivity contribution is 5.96. The molecule has 0 bridgehead atoms. The third-order valence-corrected chi connectivity index (χ3v) is 3.55. The van der Waals surface area contributed by atoms with Crippen molar-refractivity contribution in [1.82, 2.24) is 4.98 Å². The molecule has 0 atom stereocenters. The molecule has 2 N–H and O–H groups in total. The summed E-state index contributed by atoms with van der Waals surface area (Å²) in [5.74, 6) is -4.23. The van der Waals surface area contributed by atoms with Crippen molar-refractivity contribution in [3.63, 3.8) is 0 Å². The van der Waals surface area contributed by atoms with E-state index in [1.165, 1.54) is 42.5 Å². The van der Waals surface area contributed by atoms with Crippen molar-refractivity contribution in [2.24, 2.45) is 0 Å². The number of alkyl halides is 6. The van der Waals surface area contributed by atoms with E-state index in [-0.39, 0.29) is 28.4 Å². The maximum atomic E-state index is 12.3. The van der Waals surface area contributed by atoms with Gasteiger partial charge in [-0.2, -0.15) is 26.3 Å². The second-order valence-electron chi connectivity index (χ2n) is 5.68. The Labute approximate surface area is 157 Å². The lowest BCUT2D eigenvalue weighted by Gasteiger charge is -2.07. The summed E-state index contributed by atoms with van der Waals surface area (Å²) in [6.07, 6.45) is -10.1. The van der Waals surface area contributed by atoms with Crippen LogP contribution >= 0.6 is 0 Å². The summed E-state index contributed by atoms with van der Waals surface area (Å²) in [6, 6.07) is 8.73. The zero-order chi connectivity index (χ0) is 21.4. The summed E-state index contributed by atoms with van der Waals surface area (Å²) in [5, 5.41) is 3.36.